The Kier molecular flexibility index (Phi) is 5.00. The van der Waals surface area contributed by atoms with Crippen LogP contribution in [0.25, 0.3) is 0 Å². The van der Waals surface area contributed by atoms with E-state index in [4.69, 9.17) is 14.2 Å². The second-order valence-corrected chi connectivity index (χ2v) is 5.05. The summed E-state index contributed by atoms with van der Waals surface area (Å²) in [6.07, 6.45) is 0. The molecule has 1 heterocycles. The Labute approximate surface area is 138 Å². The van der Waals surface area contributed by atoms with Crippen molar-refractivity contribution in [1.82, 2.24) is 5.32 Å². The number of rotatable bonds is 5. The largest absolute Gasteiger partial charge is 0.492 e. The summed E-state index contributed by atoms with van der Waals surface area (Å²) in [6.45, 7) is 1.52. The van der Waals surface area contributed by atoms with E-state index in [0.717, 1.165) is 0 Å². The van der Waals surface area contributed by atoms with E-state index < -0.39 is 0 Å². The lowest BCUT2D eigenvalue weighted by Crippen LogP contribution is -2.32. The molecule has 0 atom stereocenters. The zero-order chi connectivity index (χ0) is 16.8. The van der Waals surface area contributed by atoms with Gasteiger partial charge in [0.1, 0.15) is 31.4 Å². The molecule has 7 heteroatoms. The Bertz CT molecular complexity index is 723. The fourth-order valence-corrected chi connectivity index (χ4v) is 2.19. The quantitative estimate of drug-likeness (QED) is 0.826. The van der Waals surface area contributed by atoms with Crippen LogP contribution in [-0.2, 0) is 0 Å². The van der Waals surface area contributed by atoms with E-state index >= 15 is 0 Å². The smallest absolute Gasteiger partial charge is 0.319 e. The number of fused-ring (bicyclic) bond motifs is 1. The molecule has 1 aliphatic heterocycles. The minimum absolute atomic E-state index is 0.234. The maximum Gasteiger partial charge on any atom is 0.319 e. The average molecular weight is 332 g/mol. The van der Waals surface area contributed by atoms with Crippen molar-refractivity contribution in [3.05, 3.63) is 48.3 Å². The Hall–Kier alpha value is -2.96. The number of anilines is 1. The van der Waals surface area contributed by atoms with Gasteiger partial charge >= 0.3 is 6.03 Å². The van der Waals surface area contributed by atoms with Crippen molar-refractivity contribution < 1.29 is 23.4 Å². The molecule has 0 aromatic heterocycles. The van der Waals surface area contributed by atoms with E-state index in [-0.39, 0.29) is 25.0 Å². The topological polar surface area (TPSA) is 68.8 Å². The summed E-state index contributed by atoms with van der Waals surface area (Å²) in [6, 6.07) is 10.7. The first-order valence-corrected chi connectivity index (χ1v) is 7.53. The zero-order valence-corrected chi connectivity index (χ0v) is 12.9. The van der Waals surface area contributed by atoms with Crippen LogP contribution in [0, 0.1) is 5.82 Å². The molecule has 0 bridgehead atoms. The van der Waals surface area contributed by atoms with E-state index in [9.17, 15) is 9.18 Å². The maximum absolute atomic E-state index is 13.0. The van der Waals surface area contributed by atoms with Crippen LogP contribution in [0.1, 0.15) is 0 Å². The number of halogens is 1. The molecule has 24 heavy (non-hydrogen) atoms. The molecule has 126 valence electrons. The summed E-state index contributed by atoms with van der Waals surface area (Å²) < 4.78 is 29.2. The van der Waals surface area contributed by atoms with Crippen LogP contribution >= 0.6 is 0 Å². The first kappa shape index (κ1) is 15.9. The number of carbonyl (C=O) groups excluding carboxylic acids is 1. The van der Waals surface area contributed by atoms with Gasteiger partial charge in [0.15, 0.2) is 11.5 Å². The molecule has 6 nitrogen and oxygen atoms in total. The summed E-state index contributed by atoms with van der Waals surface area (Å²) >= 11 is 0. The van der Waals surface area contributed by atoms with Crippen LogP contribution in [0.3, 0.4) is 0 Å². The average Bonchev–Trinajstić information content (AvgIpc) is 2.59. The van der Waals surface area contributed by atoms with E-state index in [2.05, 4.69) is 10.6 Å². The van der Waals surface area contributed by atoms with Crippen LogP contribution in [0.2, 0.25) is 0 Å². The van der Waals surface area contributed by atoms with Crippen LogP contribution in [0.4, 0.5) is 14.9 Å². The van der Waals surface area contributed by atoms with Crippen molar-refractivity contribution in [3.8, 4) is 17.2 Å². The third-order valence-corrected chi connectivity index (χ3v) is 3.25. The number of carbonyl (C=O) groups is 1. The predicted molar refractivity (Wildman–Crippen MR) is 86.3 cm³/mol. The fraction of sp³-hybridized carbons (Fsp3) is 0.235. The Balaban J connectivity index is 1.42. The standard InChI is InChI=1S/C17H17FN2O4/c18-12-2-1-3-14(10-12)22-7-6-19-17(21)20-13-4-5-15-16(11-13)24-9-8-23-15/h1-5,10-11H,6-9H2,(H2,19,20,21). The molecule has 2 amide bonds. The van der Waals surface area contributed by atoms with Gasteiger partial charge in [0, 0.05) is 17.8 Å². The lowest BCUT2D eigenvalue weighted by atomic mass is 10.2. The monoisotopic (exact) mass is 332 g/mol. The molecule has 0 aliphatic carbocycles. The fourth-order valence-electron chi connectivity index (χ4n) is 2.19. The minimum atomic E-state index is -0.366. The molecule has 2 aromatic rings. The van der Waals surface area contributed by atoms with E-state index in [0.29, 0.717) is 36.1 Å². The molecule has 1 aliphatic rings. The van der Waals surface area contributed by atoms with Crippen LogP contribution in [0.5, 0.6) is 17.2 Å². The maximum atomic E-state index is 13.0. The third-order valence-electron chi connectivity index (χ3n) is 3.25. The van der Waals surface area contributed by atoms with Gasteiger partial charge in [-0.05, 0) is 24.3 Å². The summed E-state index contributed by atoms with van der Waals surface area (Å²) in [4.78, 5) is 11.8. The number of benzene rings is 2. The van der Waals surface area contributed by atoms with Crippen molar-refractivity contribution >= 4 is 11.7 Å². The summed E-state index contributed by atoms with van der Waals surface area (Å²) in [5.74, 6) is 1.32. The number of hydrogen-bond donors (Lipinski definition) is 2. The van der Waals surface area contributed by atoms with Gasteiger partial charge in [-0.2, -0.15) is 0 Å². The van der Waals surface area contributed by atoms with Gasteiger partial charge in [0.25, 0.3) is 0 Å². The molecule has 0 saturated heterocycles. The summed E-state index contributed by atoms with van der Waals surface area (Å²) in [7, 11) is 0. The van der Waals surface area contributed by atoms with Gasteiger partial charge in [-0.3, -0.25) is 0 Å². The number of urea groups is 1. The minimum Gasteiger partial charge on any atom is -0.492 e. The molecule has 0 unspecified atom stereocenters. The Morgan fingerprint density at radius 2 is 1.96 bits per heavy atom. The molecule has 0 fully saturated rings. The van der Waals surface area contributed by atoms with Gasteiger partial charge in [-0.1, -0.05) is 6.07 Å². The number of amides is 2. The van der Waals surface area contributed by atoms with Crippen molar-refractivity contribution in [1.29, 1.82) is 0 Å². The first-order valence-electron chi connectivity index (χ1n) is 7.53. The highest BCUT2D eigenvalue weighted by atomic mass is 19.1. The molecular weight excluding hydrogens is 315 g/mol. The third kappa shape index (κ3) is 4.28. The molecule has 0 spiro atoms. The van der Waals surface area contributed by atoms with Crippen LogP contribution in [-0.4, -0.2) is 32.4 Å². The van der Waals surface area contributed by atoms with Crippen LogP contribution in [0.15, 0.2) is 42.5 Å². The van der Waals surface area contributed by atoms with Gasteiger partial charge in [0.2, 0.25) is 0 Å². The van der Waals surface area contributed by atoms with E-state index in [1.807, 2.05) is 0 Å². The zero-order valence-electron chi connectivity index (χ0n) is 12.9. The molecule has 2 aromatic carbocycles. The van der Waals surface area contributed by atoms with Crippen molar-refractivity contribution in [3.63, 3.8) is 0 Å². The Morgan fingerprint density at radius 1 is 1.12 bits per heavy atom. The highest BCUT2D eigenvalue weighted by molar-refractivity contribution is 5.89. The van der Waals surface area contributed by atoms with Crippen molar-refractivity contribution in [2.45, 2.75) is 0 Å². The van der Waals surface area contributed by atoms with Gasteiger partial charge in [0.05, 0.1) is 6.54 Å². The molecule has 2 N–H and O–H groups in total. The SMILES string of the molecule is O=C(NCCOc1cccc(F)c1)Nc1ccc2c(c1)OCCO2. The van der Waals surface area contributed by atoms with Gasteiger partial charge < -0.3 is 24.8 Å². The number of ether oxygens (including phenoxy) is 3. The Morgan fingerprint density at radius 3 is 2.79 bits per heavy atom. The number of nitrogens with one attached hydrogen (secondary N) is 2. The molecule has 0 saturated carbocycles. The second-order valence-electron chi connectivity index (χ2n) is 5.05. The van der Waals surface area contributed by atoms with Crippen molar-refractivity contribution in [2.24, 2.45) is 0 Å². The van der Waals surface area contributed by atoms with Crippen LogP contribution < -0.4 is 24.8 Å². The molecule has 0 radical (unpaired) electrons. The lowest BCUT2D eigenvalue weighted by molar-refractivity contribution is 0.171. The van der Waals surface area contributed by atoms with Crippen molar-refractivity contribution in [2.75, 3.05) is 31.7 Å². The normalized spacial score (nSPS) is 12.4. The lowest BCUT2D eigenvalue weighted by Gasteiger charge is -2.19. The highest BCUT2D eigenvalue weighted by Gasteiger charge is 2.12. The highest BCUT2D eigenvalue weighted by Crippen LogP contribution is 2.32. The van der Waals surface area contributed by atoms with E-state index in [1.165, 1.54) is 12.1 Å². The number of hydrogen-bond acceptors (Lipinski definition) is 4. The van der Waals surface area contributed by atoms with Gasteiger partial charge in [-0.15, -0.1) is 0 Å². The molecule has 3 rings (SSSR count). The first-order chi connectivity index (χ1) is 11.7. The van der Waals surface area contributed by atoms with Gasteiger partial charge in [-0.25, -0.2) is 9.18 Å². The summed E-state index contributed by atoms with van der Waals surface area (Å²) in [5, 5.41) is 5.35. The van der Waals surface area contributed by atoms with E-state index in [1.54, 1.807) is 30.3 Å². The predicted octanol–water partition coefficient (Wildman–Crippen LogP) is 2.80. The summed E-state index contributed by atoms with van der Waals surface area (Å²) in [5.41, 5.74) is 0.600. The second kappa shape index (κ2) is 7.54. The molecular formula is C17H17FN2O4.